The topological polar surface area (TPSA) is 94.3 Å². The second-order valence-corrected chi connectivity index (χ2v) is 9.69. The number of amides is 1. The molecule has 0 saturated heterocycles. The van der Waals surface area contributed by atoms with Crippen LogP contribution in [0.3, 0.4) is 0 Å². The number of hydrogen-bond donors (Lipinski definition) is 2. The first-order chi connectivity index (χ1) is 15.5. The standard InChI is InChI=1S/C24H21N3O3S2/c1-3-30-24(29)18-17-14-7-5-4-6-13(14)9-11-16(17)31-23(18)27-21(28)20-19(25)15-10-8-12(2)26-22(15)32-20/h4-8,10H,3,9,11,25H2,1-2H3,(H,27,28). The summed E-state index contributed by atoms with van der Waals surface area (Å²) in [6.07, 6.45) is 1.71. The van der Waals surface area contributed by atoms with Gasteiger partial charge in [0.05, 0.1) is 12.3 Å². The average Bonchev–Trinajstić information content (AvgIpc) is 3.31. The maximum atomic E-state index is 13.2. The molecule has 3 N–H and O–H groups in total. The zero-order valence-corrected chi connectivity index (χ0v) is 19.3. The molecule has 0 spiro atoms. The van der Waals surface area contributed by atoms with Crippen molar-refractivity contribution in [2.45, 2.75) is 26.7 Å². The molecular formula is C24H21N3O3S2. The third-order valence-electron chi connectivity index (χ3n) is 5.54. The molecule has 4 aromatic rings. The number of carbonyl (C=O) groups is 2. The maximum absolute atomic E-state index is 13.2. The van der Waals surface area contributed by atoms with Crippen molar-refractivity contribution in [3.05, 3.63) is 63.0 Å². The lowest BCUT2D eigenvalue weighted by Crippen LogP contribution is -2.15. The van der Waals surface area contributed by atoms with E-state index in [2.05, 4.69) is 16.4 Å². The predicted octanol–water partition coefficient (Wildman–Crippen LogP) is 5.44. The van der Waals surface area contributed by atoms with Crippen LogP contribution >= 0.6 is 22.7 Å². The van der Waals surface area contributed by atoms with Crippen molar-refractivity contribution >= 4 is 55.5 Å². The fourth-order valence-corrected chi connectivity index (χ4v) is 6.30. The Morgan fingerprint density at radius 1 is 1.16 bits per heavy atom. The number of benzene rings is 1. The van der Waals surface area contributed by atoms with Crippen LogP contribution in [0.15, 0.2) is 36.4 Å². The van der Waals surface area contributed by atoms with E-state index < -0.39 is 5.97 Å². The summed E-state index contributed by atoms with van der Waals surface area (Å²) in [4.78, 5) is 32.9. The lowest BCUT2D eigenvalue weighted by Gasteiger charge is -2.17. The van der Waals surface area contributed by atoms with E-state index in [0.29, 0.717) is 21.1 Å². The van der Waals surface area contributed by atoms with E-state index >= 15 is 0 Å². The summed E-state index contributed by atoms with van der Waals surface area (Å²) in [7, 11) is 0. The SMILES string of the molecule is CCOC(=O)c1c(NC(=O)c2sc3nc(C)ccc3c2N)sc2c1-c1ccccc1CC2. The zero-order chi connectivity index (χ0) is 22.4. The smallest absolute Gasteiger partial charge is 0.341 e. The number of nitrogens with one attached hydrogen (secondary N) is 1. The van der Waals surface area contributed by atoms with E-state index in [1.54, 1.807) is 6.92 Å². The molecule has 0 bridgehead atoms. The lowest BCUT2D eigenvalue weighted by molar-refractivity contribution is 0.0529. The Balaban J connectivity index is 1.59. The highest BCUT2D eigenvalue weighted by Gasteiger charge is 2.31. The molecule has 3 aromatic heterocycles. The molecule has 0 aliphatic heterocycles. The highest BCUT2D eigenvalue weighted by atomic mass is 32.1. The molecule has 1 aromatic carbocycles. The number of rotatable bonds is 4. The van der Waals surface area contributed by atoms with Gasteiger partial charge in [0, 0.05) is 21.5 Å². The van der Waals surface area contributed by atoms with E-state index in [9.17, 15) is 9.59 Å². The minimum absolute atomic E-state index is 0.257. The number of aromatic nitrogens is 1. The molecule has 162 valence electrons. The summed E-state index contributed by atoms with van der Waals surface area (Å²) >= 11 is 2.69. The Morgan fingerprint density at radius 2 is 1.97 bits per heavy atom. The van der Waals surface area contributed by atoms with Crippen LogP contribution in [0.2, 0.25) is 0 Å². The van der Waals surface area contributed by atoms with Gasteiger partial charge in [0.15, 0.2) is 0 Å². The molecule has 5 rings (SSSR count). The number of thiophene rings is 2. The fraction of sp³-hybridized carbons (Fsp3) is 0.208. The Bertz CT molecular complexity index is 1390. The first kappa shape index (κ1) is 20.7. The number of anilines is 2. The van der Waals surface area contributed by atoms with Crippen LogP contribution in [-0.4, -0.2) is 23.5 Å². The molecule has 0 atom stereocenters. The van der Waals surface area contributed by atoms with Crippen molar-refractivity contribution < 1.29 is 14.3 Å². The van der Waals surface area contributed by atoms with Crippen LogP contribution in [0, 0.1) is 6.92 Å². The van der Waals surface area contributed by atoms with E-state index in [1.165, 1.54) is 28.2 Å². The molecular weight excluding hydrogens is 442 g/mol. The van der Waals surface area contributed by atoms with Gasteiger partial charge in [-0.25, -0.2) is 9.78 Å². The summed E-state index contributed by atoms with van der Waals surface area (Å²) < 4.78 is 5.36. The number of nitrogen functional groups attached to an aromatic ring is 1. The third-order valence-corrected chi connectivity index (χ3v) is 7.81. The van der Waals surface area contributed by atoms with Gasteiger partial charge < -0.3 is 15.8 Å². The van der Waals surface area contributed by atoms with Crippen molar-refractivity contribution in [1.82, 2.24) is 4.98 Å². The monoisotopic (exact) mass is 463 g/mol. The minimum atomic E-state index is -0.432. The van der Waals surface area contributed by atoms with Crippen molar-refractivity contribution in [3.63, 3.8) is 0 Å². The summed E-state index contributed by atoms with van der Waals surface area (Å²) in [5.74, 6) is -0.779. The van der Waals surface area contributed by atoms with Gasteiger partial charge in [0.1, 0.15) is 20.3 Å². The molecule has 32 heavy (non-hydrogen) atoms. The summed E-state index contributed by atoms with van der Waals surface area (Å²) in [6.45, 7) is 3.93. The van der Waals surface area contributed by atoms with Crippen molar-refractivity contribution in [2.75, 3.05) is 17.7 Å². The molecule has 0 radical (unpaired) electrons. The summed E-state index contributed by atoms with van der Waals surface area (Å²) in [6, 6.07) is 11.8. The first-order valence-corrected chi connectivity index (χ1v) is 12.0. The molecule has 3 heterocycles. The Hall–Kier alpha value is -3.23. The van der Waals surface area contributed by atoms with Gasteiger partial charge in [0.2, 0.25) is 0 Å². The Kier molecular flexibility index (Phi) is 5.19. The predicted molar refractivity (Wildman–Crippen MR) is 130 cm³/mol. The van der Waals surface area contributed by atoms with E-state index in [4.69, 9.17) is 10.5 Å². The number of fused-ring (bicyclic) bond motifs is 4. The molecule has 0 saturated carbocycles. The molecule has 0 fully saturated rings. The summed E-state index contributed by atoms with van der Waals surface area (Å²) in [5, 5.41) is 4.21. The molecule has 1 amide bonds. The van der Waals surface area contributed by atoms with Crippen LogP contribution in [0.5, 0.6) is 0 Å². The van der Waals surface area contributed by atoms with Gasteiger partial charge in [0.25, 0.3) is 5.91 Å². The number of aryl methyl sites for hydroxylation is 3. The van der Waals surface area contributed by atoms with Crippen LogP contribution in [0.1, 0.15) is 43.1 Å². The number of hydrogen-bond acceptors (Lipinski definition) is 7. The Labute approximate surface area is 193 Å². The van der Waals surface area contributed by atoms with Gasteiger partial charge in [-0.1, -0.05) is 24.3 Å². The lowest BCUT2D eigenvalue weighted by atomic mass is 9.88. The number of nitrogens with two attached hydrogens (primary N) is 1. The van der Waals surface area contributed by atoms with E-state index in [0.717, 1.165) is 44.8 Å². The number of esters is 1. The van der Waals surface area contributed by atoms with E-state index in [1.807, 2.05) is 37.3 Å². The van der Waals surface area contributed by atoms with Crippen molar-refractivity contribution in [3.8, 4) is 11.1 Å². The normalized spacial score (nSPS) is 12.3. The highest BCUT2D eigenvalue weighted by molar-refractivity contribution is 7.21. The molecule has 1 aliphatic carbocycles. The van der Waals surface area contributed by atoms with Gasteiger partial charge >= 0.3 is 5.97 Å². The van der Waals surface area contributed by atoms with Crippen LogP contribution < -0.4 is 11.1 Å². The van der Waals surface area contributed by atoms with E-state index in [-0.39, 0.29) is 12.5 Å². The van der Waals surface area contributed by atoms with Crippen LogP contribution in [0.25, 0.3) is 21.3 Å². The second-order valence-electron chi connectivity index (χ2n) is 7.59. The van der Waals surface area contributed by atoms with Crippen molar-refractivity contribution in [1.29, 1.82) is 0 Å². The van der Waals surface area contributed by atoms with Gasteiger partial charge in [-0.15, -0.1) is 22.7 Å². The minimum Gasteiger partial charge on any atom is -0.462 e. The van der Waals surface area contributed by atoms with Crippen molar-refractivity contribution in [2.24, 2.45) is 0 Å². The quantitative estimate of drug-likeness (QED) is 0.393. The molecule has 0 unspecified atom stereocenters. The first-order valence-electron chi connectivity index (χ1n) is 10.4. The van der Waals surface area contributed by atoms with Gasteiger partial charge in [-0.2, -0.15) is 0 Å². The fourth-order valence-electron chi connectivity index (χ4n) is 4.07. The number of pyridine rings is 1. The average molecular weight is 464 g/mol. The second kappa shape index (κ2) is 8.03. The largest absolute Gasteiger partial charge is 0.462 e. The third kappa shape index (κ3) is 3.36. The molecule has 1 aliphatic rings. The number of nitrogens with zero attached hydrogens (tertiary/aromatic N) is 1. The maximum Gasteiger partial charge on any atom is 0.341 e. The van der Waals surface area contributed by atoms with Crippen LogP contribution in [-0.2, 0) is 17.6 Å². The zero-order valence-electron chi connectivity index (χ0n) is 17.7. The summed E-state index contributed by atoms with van der Waals surface area (Å²) in [5.41, 5.74) is 11.0. The molecule has 6 nitrogen and oxygen atoms in total. The van der Waals surface area contributed by atoms with Crippen LogP contribution in [0.4, 0.5) is 10.7 Å². The van der Waals surface area contributed by atoms with Gasteiger partial charge in [-0.3, -0.25) is 4.79 Å². The number of carbonyl (C=O) groups excluding carboxylic acids is 2. The Morgan fingerprint density at radius 3 is 2.78 bits per heavy atom. The highest BCUT2D eigenvalue weighted by Crippen LogP contribution is 2.46. The molecule has 8 heteroatoms. The number of ether oxygens (including phenoxy) is 1. The van der Waals surface area contributed by atoms with Gasteiger partial charge in [-0.05, 0) is 49.9 Å².